The van der Waals surface area contributed by atoms with Crippen molar-refractivity contribution in [3.8, 4) is 5.75 Å². The van der Waals surface area contributed by atoms with Crippen molar-refractivity contribution in [3.63, 3.8) is 0 Å². The number of carbonyl (C=O) groups is 1. The van der Waals surface area contributed by atoms with Crippen LogP contribution in [0.3, 0.4) is 0 Å². The Morgan fingerprint density at radius 3 is 2.50 bits per heavy atom. The van der Waals surface area contributed by atoms with Crippen LogP contribution in [0.1, 0.15) is 20.3 Å². The molecule has 0 unspecified atom stereocenters. The second-order valence-corrected chi connectivity index (χ2v) is 4.98. The summed E-state index contributed by atoms with van der Waals surface area (Å²) in [5, 5.41) is 2.89. The van der Waals surface area contributed by atoms with Gasteiger partial charge in [-0.2, -0.15) is 0 Å². The number of methoxy groups -OCH3 is 1. The van der Waals surface area contributed by atoms with E-state index in [0.717, 1.165) is 24.4 Å². The highest BCUT2D eigenvalue weighted by atomic mass is 16.5. The summed E-state index contributed by atoms with van der Waals surface area (Å²) in [6, 6.07) is 7.63. The fraction of sp³-hybridized carbons (Fsp3) is 0.533. The first-order valence-corrected chi connectivity index (χ1v) is 6.95. The number of nitrogens with one attached hydrogen (secondary N) is 1. The average Bonchev–Trinajstić information content (AvgIpc) is 2.44. The number of rotatable bonds is 8. The van der Waals surface area contributed by atoms with Crippen molar-refractivity contribution in [2.75, 3.05) is 32.1 Å². The van der Waals surface area contributed by atoms with E-state index in [1.54, 1.807) is 7.11 Å². The number of carbonyl (C=O) groups excluding carboxylic acids is 1. The lowest BCUT2D eigenvalue weighted by molar-refractivity contribution is -0.117. The minimum absolute atomic E-state index is 0.0131. The van der Waals surface area contributed by atoms with Gasteiger partial charge in [-0.3, -0.25) is 9.69 Å². The van der Waals surface area contributed by atoms with Crippen LogP contribution in [0.5, 0.6) is 5.75 Å². The van der Waals surface area contributed by atoms with Crippen LogP contribution >= 0.6 is 0 Å². The summed E-state index contributed by atoms with van der Waals surface area (Å²) in [6.45, 7) is 6.02. The number of amides is 1. The minimum Gasteiger partial charge on any atom is -0.497 e. The van der Waals surface area contributed by atoms with Gasteiger partial charge in [0.25, 0.3) is 0 Å². The van der Waals surface area contributed by atoms with Gasteiger partial charge < -0.3 is 15.8 Å². The molecule has 20 heavy (non-hydrogen) atoms. The number of hydrogen-bond acceptors (Lipinski definition) is 4. The molecule has 0 bridgehead atoms. The maximum atomic E-state index is 12.0. The fourth-order valence-electron chi connectivity index (χ4n) is 1.87. The smallest absolute Gasteiger partial charge is 0.238 e. The highest BCUT2D eigenvalue weighted by Crippen LogP contribution is 2.15. The summed E-state index contributed by atoms with van der Waals surface area (Å²) in [6.07, 6.45) is 0.897. The molecule has 0 aliphatic rings. The molecule has 0 heterocycles. The van der Waals surface area contributed by atoms with E-state index in [2.05, 4.69) is 24.1 Å². The first-order valence-electron chi connectivity index (χ1n) is 6.95. The maximum Gasteiger partial charge on any atom is 0.238 e. The number of ether oxygens (including phenoxy) is 1. The second-order valence-electron chi connectivity index (χ2n) is 4.98. The Bertz CT molecular complexity index is 404. The third-order valence-corrected chi connectivity index (χ3v) is 3.10. The molecule has 1 amide bonds. The van der Waals surface area contributed by atoms with Crippen molar-refractivity contribution in [2.24, 2.45) is 5.73 Å². The van der Waals surface area contributed by atoms with Crippen molar-refractivity contribution in [1.82, 2.24) is 4.90 Å². The zero-order valence-corrected chi connectivity index (χ0v) is 12.6. The van der Waals surface area contributed by atoms with Crippen LogP contribution in [0.25, 0.3) is 0 Å². The van der Waals surface area contributed by atoms with Crippen LogP contribution in [0, 0.1) is 0 Å². The monoisotopic (exact) mass is 279 g/mol. The first-order chi connectivity index (χ1) is 9.56. The van der Waals surface area contributed by atoms with Gasteiger partial charge >= 0.3 is 0 Å². The van der Waals surface area contributed by atoms with Gasteiger partial charge in [-0.15, -0.1) is 0 Å². The van der Waals surface area contributed by atoms with Gasteiger partial charge in [-0.1, -0.05) is 0 Å². The Labute approximate surface area is 121 Å². The van der Waals surface area contributed by atoms with Gasteiger partial charge in [0.05, 0.1) is 13.7 Å². The summed E-state index contributed by atoms with van der Waals surface area (Å²) < 4.78 is 5.08. The van der Waals surface area contributed by atoms with E-state index in [0.29, 0.717) is 19.1 Å². The highest BCUT2D eigenvalue weighted by molar-refractivity contribution is 5.92. The molecule has 1 aromatic rings. The van der Waals surface area contributed by atoms with Crippen molar-refractivity contribution in [2.45, 2.75) is 26.3 Å². The molecule has 5 nitrogen and oxygen atoms in total. The summed E-state index contributed by atoms with van der Waals surface area (Å²) >= 11 is 0. The summed E-state index contributed by atoms with van der Waals surface area (Å²) in [4.78, 5) is 14.1. The van der Waals surface area contributed by atoms with Crippen LogP contribution in [0.15, 0.2) is 24.3 Å². The second kappa shape index (κ2) is 8.55. The number of nitrogens with zero attached hydrogens (tertiary/aromatic N) is 1. The van der Waals surface area contributed by atoms with Crippen LogP contribution in [0.4, 0.5) is 5.69 Å². The summed E-state index contributed by atoms with van der Waals surface area (Å²) in [5.41, 5.74) is 6.30. The molecule has 5 heteroatoms. The molecule has 0 aliphatic heterocycles. The predicted molar refractivity (Wildman–Crippen MR) is 82.0 cm³/mol. The van der Waals surface area contributed by atoms with E-state index in [4.69, 9.17) is 10.5 Å². The minimum atomic E-state index is -0.0131. The van der Waals surface area contributed by atoms with Gasteiger partial charge in [0.15, 0.2) is 0 Å². The third-order valence-electron chi connectivity index (χ3n) is 3.10. The van der Waals surface area contributed by atoms with Gasteiger partial charge in [0.1, 0.15) is 5.75 Å². The van der Waals surface area contributed by atoms with Gasteiger partial charge in [0, 0.05) is 18.3 Å². The Morgan fingerprint density at radius 1 is 1.35 bits per heavy atom. The van der Waals surface area contributed by atoms with E-state index >= 15 is 0 Å². The van der Waals surface area contributed by atoms with E-state index in [1.165, 1.54) is 0 Å². The standard InChI is InChI=1S/C15H25N3O2/c1-12(2)18(10-4-9-16)11-15(19)17-13-5-7-14(20-3)8-6-13/h5-8,12H,4,9-11,16H2,1-3H3,(H,17,19). The lowest BCUT2D eigenvalue weighted by atomic mass is 10.2. The van der Waals surface area contributed by atoms with Crippen molar-refractivity contribution >= 4 is 11.6 Å². The lowest BCUT2D eigenvalue weighted by Crippen LogP contribution is -2.39. The molecule has 1 rings (SSSR count). The molecule has 0 fully saturated rings. The summed E-state index contributed by atoms with van der Waals surface area (Å²) in [5.74, 6) is 0.760. The van der Waals surface area contributed by atoms with Crippen molar-refractivity contribution < 1.29 is 9.53 Å². The number of hydrogen-bond donors (Lipinski definition) is 2. The molecule has 0 radical (unpaired) electrons. The molecular weight excluding hydrogens is 254 g/mol. The van der Waals surface area contributed by atoms with E-state index in [-0.39, 0.29) is 5.91 Å². The molecule has 1 aromatic carbocycles. The largest absolute Gasteiger partial charge is 0.497 e. The molecule has 0 aromatic heterocycles. The average molecular weight is 279 g/mol. The van der Waals surface area contributed by atoms with Crippen molar-refractivity contribution in [1.29, 1.82) is 0 Å². The molecular formula is C15H25N3O2. The fourth-order valence-corrected chi connectivity index (χ4v) is 1.87. The normalized spacial score (nSPS) is 10.9. The van der Waals surface area contributed by atoms with E-state index in [1.807, 2.05) is 24.3 Å². The molecule has 0 spiro atoms. The number of anilines is 1. The highest BCUT2D eigenvalue weighted by Gasteiger charge is 2.13. The van der Waals surface area contributed by atoms with E-state index < -0.39 is 0 Å². The van der Waals surface area contributed by atoms with Gasteiger partial charge in [-0.05, 0) is 51.1 Å². The molecule has 112 valence electrons. The molecule has 0 atom stereocenters. The van der Waals surface area contributed by atoms with Gasteiger partial charge in [-0.25, -0.2) is 0 Å². The quantitative estimate of drug-likeness (QED) is 0.760. The zero-order chi connectivity index (χ0) is 15.0. The first kappa shape index (κ1) is 16.5. The van der Waals surface area contributed by atoms with Crippen molar-refractivity contribution in [3.05, 3.63) is 24.3 Å². The number of nitrogens with two attached hydrogens (primary N) is 1. The topological polar surface area (TPSA) is 67.6 Å². The zero-order valence-electron chi connectivity index (χ0n) is 12.6. The third kappa shape index (κ3) is 5.59. The maximum absolute atomic E-state index is 12.0. The summed E-state index contributed by atoms with van der Waals surface area (Å²) in [7, 11) is 1.62. The number of benzene rings is 1. The van der Waals surface area contributed by atoms with E-state index in [9.17, 15) is 4.79 Å². The Kier molecular flexibility index (Phi) is 7.04. The Balaban J connectivity index is 2.51. The van der Waals surface area contributed by atoms with Crippen LogP contribution in [-0.2, 0) is 4.79 Å². The van der Waals surface area contributed by atoms with Gasteiger partial charge in [0.2, 0.25) is 5.91 Å². The Morgan fingerprint density at radius 2 is 2.00 bits per heavy atom. The van der Waals surface area contributed by atoms with Crippen LogP contribution in [-0.4, -0.2) is 43.6 Å². The molecule has 3 N–H and O–H groups in total. The SMILES string of the molecule is COc1ccc(NC(=O)CN(CCCN)C(C)C)cc1. The predicted octanol–water partition coefficient (Wildman–Crippen LogP) is 1.69. The van der Waals surface area contributed by atoms with Crippen LogP contribution < -0.4 is 15.8 Å². The molecule has 0 saturated carbocycles. The lowest BCUT2D eigenvalue weighted by Gasteiger charge is -2.25. The Hall–Kier alpha value is -1.59. The molecule has 0 saturated heterocycles. The van der Waals surface area contributed by atoms with Crippen LogP contribution in [0.2, 0.25) is 0 Å². The molecule has 0 aliphatic carbocycles.